The molecule has 0 radical (unpaired) electrons. The van der Waals surface area contributed by atoms with Gasteiger partial charge in [-0.3, -0.25) is 4.79 Å². The van der Waals surface area contributed by atoms with Crippen LogP contribution in [0.1, 0.15) is 37.7 Å². The van der Waals surface area contributed by atoms with Crippen LogP contribution in [-0.4, -0.2) is 48.8 Å². The summed E-state index contributed by atoms with van der Waals surface area (Å²) in [4.78, 5) is 13.9. The molecule has 0 amide bonds. The van der Waals surface area contributed by atoms with Crippen LogP contribution in [0.2, 0.25) is 0 Å². The Morgan fingerprint density at radius 3 is 2.91 bits per heavy atom. The van der Waals surface area contributed by atoms with Crippen molar-refractivity contribution in [2.24, 2.45) is 11.3 Å². The Labute approximate surface area is 138 Å². The summed E-state index contributed by atoms with van der Waals surface area (Å²) in [5.74, 6) is 0.305. The Balaban J connectivity index is 1.69. The number of ether oxygens (including phenoxy) is 1. The molecule has 4 nitrogen and oxygen atoms in total. The molecule has 3 unspecified atom stereocenters. The predicted molar refractivity (Wildman–Crippen MR) is 89.5 cm³/mol. The lowest BCUT2D eigenvalue weighted by atomic mass is 9.79. The zero-order chi connectivity index (χ0) is 16.3. The van der Waals surface area contributed by atoms with Gasteiger partial charge in [-0.05, 0) is 44.2 Å². The quantitative estimate of drug-likeness (QED) is 0.927. The SMILES string of the molecule is CC1(C(=O)O)CCCN(CC2CCOCC2c2ccccc2)C1. The van der Waals surface area contributed by atoms with Crippen LogP contribution < -0.4 is 0 Å². The number of carboxylic acids is 1. The smallest absolute Gasteiger partial charge is 0.310 e. The molecule has 2 fully saturated rings. The van der Waals surface area contributed by atoms with E-state index >= 15 is 0 Å². The lowest BCUT2D eigenvalue weighted by Crippen LogP contribution is -2.48. The van der Waals surface area contributed by atoms with E-state index < -0.39 is 11.4 Å². The molecule has 126 valence electrons. The van der Waals surface area contributed by atoms with Crippen molar-refractivity contribution >= 4 is 5.97 Å². The van der Waals surface area contributed by atoms with Crippen LogP contribution in [0.25, 0.3) is 0 Å². The molecule has 0 aliphatic carbocycles. The number of benzene rings is 1. The van der Waals surface area contributed by atoms with Crippen molar-refractivity contribution in [2.45, 2.75) is 32.1 Å². The first-order valence-electron chi connectivity index (χ1n) is 8.67. The first kappa shape index (κ1) is 16.5. The maximum absolute atomic E-state index is 11.6. The highest BCUT2D eigenvalue weighted by atomic mass is 16.5. The van der Waals surface area contributed by atoms with Gasteiger partial charge in [-0.2, -0.15) is 0 Å². The molecule has 2 aliphatic rings. The lowest BCUT2D eigenvalue weighted by molar-refractivity contribution is -0.151. The summed E-state index contributed by atoms with van der Waals surface area (Å²) in [6.45, 7) is 6.14. The van der Waals surface area contributed by atoms with E-state index in [1.165, 1.54) is 5.56 Å². The van der Waals surface area contributed by atoms with Crippen LogP contribution in [0.3, 0.4) is 0 Å². The molecule has 4 heteroatoms. The number of rotatable bonds is 4. The van der Waals surface area contributed by atoms with Crippen molar-refractivity contribution in [1.82, 2.24) is 4.90 Å². The third kappa shape index (κ3) is 3.75. The Morgan fingerprint density at radius 2 is 2.17 bits per heavy atom. The minimum absolute atomic E-state index is 0.419. The van der Waals surface area contributed by atoms with E-state index in [0.29, 0.717) is 18.4 Å². The Morgan fingerprint density at radius 1 is 1.39 bits per heavy atom. The van der Waals surface area contributed by atoms with Crippen molar-refractivity contribution in [3.63, 3.8) is 0 Å². The summed E-state index contributed by atoms with van der Waals surface area (Å²) in [7, 11) is 0. The molecule has 3 rings (SSSR count). The van der Waals surface area contributed by atoms with E-state index in [1.54, 1.807) is 0 Å². The van der Waals surface area contributed by atoms with Crippen molar-refractivity contribution < 1.29 is 14.6 Å². The Kier molecular flexibility index (Phi) is 5.02. The maximum atomic E-state index is 11.6. The molecular formula is C19H27NO3. The minimum atomic E-state index is -0.659. The Bertz CT molecular complexity index is 533. The molecule has 3 atom stereocenters. The van der Waals surface area contributed by atoms with Gasteiger partial charge in [0.1, 0.15) is 0 Å². The second-order valence-electron chi connectivity index (χ2n) is 7.35. The maximum Gasteiger partial charge on any atom is 0.310 e. The normalized spacial score (nSPS) is 32.6. The highest BCUT2D eigenvalue weighted by Gasteiger charge is 2.39. The standard InChI is InChI=1S/C19H27NO3/c1-19(18(21)22)9-5-10-20(14-19)12-16-8-11-23-13-17(16)15-6-3-2-4-7-15/h2-4,6-7,16-17H,5,8-14H2,1H3,(H,21,22). The molecule has 23 heavy (non-hydrogen) atoms. The Hall–Kier alpha value is -1.39. The van der Waals surface area contributed by atoms with Gasteiger partial charge in [0.2, 0.25) is 0 Å². The lowest BCUT2D eigenvalue weighted by Gasteiger charge is -2.41. The van der Waals surface area contributed by atoms with Crippen molar-refractivity contribution in [3.05, 3.63) is 35.9 Å². The number of carbonyl (C=O) groups is 1. The first-order chi connectivity index (χ1) is 11.1. The molecule has 0 saturated carbocycles. The first-order valence-corrected chi connectivity index (χ1v) is 8.67. The van der Waals surface area contributed by atoms with Crippen LogP contribution in [0.15, 0.2) is 30.3 Å². The van der Waals surface area contributed by atoms with E-state index in [0.717, 1.165) is 45.6 Å². The topological polar surface area (TPSA) is 49.8 Å². The molecule has 0 aromatic heterocycles. The van der Waals surface area contributed by atoms with E-state index in [2.05, 4.69) is 29.2 Å². The average Bonchev–Trinajstić information content (AvgIpc) is 2.56. The summed E-state index contributed by atoms with van der Waals surface area (Å²) in [6.07, 6.45) is 2.82. The van der Waals surface area contributed by atoms with E-state index in [4.69, 9.17) is 4.74 Å². The van der Waals surface area contributed by atoms with Gasteiger partial charge in [0, 0.05) is 25.6 Å². The number of nitrogens with zero attached hydrogens (tertiary/aromatic N) is 1. The number of piperidine rings is 1. The van der Waals surface area contributed by atoms with Crippen molar-refractivity contribution in [2.75, 3.05) is 32.8 Å². The summed E-state index contributed by atoms with van der Waals surface area (Å²) < 4.78 is 5.72. The summed E-state index contributed by atoms with van der Waals surface area (Å²) in [5.41, 5.74) is 0.751. The molecular weight excluding hydrogens is 290 g/mol. The fourth-order valence-corrected chi connectivity index (χ4v) is 4.08. The number of hydrogen-bond donors (Lipinski definition) is 1. The number of aliphatic carboxylic acids is 1. The second-order valence-corrected chi connectivity index (χ2v) is 7.35. The van der Waals surface area contributed by atoms with Gasteiger partial charge < -0.3 is 14.7 Å². The zero-order valence-corrected chi connectivity index (χ0v) is 13.9. The van der Waals surface area contributed by atoms with Gasteiger partial charge in [0.25, 0.3) is 0 Å². The van der Waals surface area contributed by atoms with Crippen LogP contribution >= 0.6 is 0 Å². The number of carboxylic acid groups (broad SMARTS) is 1. The third-order valence-electron chi connectivity index (χ3n) is 5.51. The van der Waals surface area contributed by atoms with Crippen LogP contribution in [-0.2, 0) is 9.53 Å². The molecule has 0 spiro atoms. The fraction of sp³-hybridized carbons (Fsp3) is 0.632. The molecule has 2 heterocycles. The number of hydrogen-bond acceptors (Lipinski definition) is 3. The second kappa shape index (κ2) is 7.02. The minimum Gasteiger partial charge on any atom is -0.481 e. The van der Waals surface area contributed by atoms with Crippen LogP contribution in [0.5, 0.6) is 0 Å². The van der Waals surface area contributed by atoms with E-state index in [9.17, 15) is 9.90 Å². The monoisotopic (exact) mass is 317 g/mol. The van der Waals surface area contributed by atoms with Gasteiger partial charge in [0.15, 0.2) is 0 Å². The molecule has 1 aromatic carbocycles. The van der Waals surface area contributed by atoms with Gasteiger partial charge >= 0.3 is 5.97 Å². The molecule has 1 aromatic rings. The molecule has 2 aliphatic heterocycles. The van der Waals surface area contributed by atoms with Crippen molar-refractivity contribution in [3.8, 4) is 0 Å². The zero-order valence-electron chi connectivity index (χ0n) is 13.9. The van der Waals surface area contributed by atoms with E-state index in [-0.39, 0.29) is 0 Å². The van der Waals surface area contributed by atoms with Crippen LogP contribution in [0, 0.1) is 11.3 Å². The highest BCUT2D eigenvalue weighted by molar-refractivity contribution is 5.74. The molecule has 2 saturated heterocycles. The van der Waals surface area contributed by atoms with E-state index in [1.807, 2.05) is 13.0 Å². The summed E-state index contributed by atoms with van der Waals surface area (Å²) >= 11 is 0. The predicted octanol–water partition coefficient (Wildman–Crippen LogP) is 2.99. The van der Waals surface area contributed by atoms with Gasteiger partial charge in [0.05, 0.1) is 12.0 Å². The third-order valence-corrected chi connectivity index (χ3v) is 5.51. The summed E-state index contributed by atoms with van der Waals surface area (Å²) in [5, 5.41) is 9.50. The van der Waals surface area contributed by atoms with Gasteiger partial charge in [-0.15, -0.1) is 0 Å². The summed E-state index contributed by atoms with van der Waals surface area (Å²) in [6, 6.07) is 10.6. The largest absolute Gasteiger partial charge is 0.481 e. The van der Waals surface area contributed by atoms with Gasteiger partial charge in [-0.1, -0.05) is 30.3 Å². The molecule has 0 bridgehead atoms. The number of likely N-dealkylation sites (tertiary alicyclic amines) is 1. The fourth-order valence-electron chi connectivity index (χ4n) is 4.08. The van der Waals surface area contributed by atoms with Crippen LogP contribution in [0.4, 0.5) is 0 Å². The molecule has 1 N–H and O–H groups in total. The van der Waals surface area contributed by atoms with Crippen molar-refractivity contribution in [1.29, 1.82) is 0 Å². The van der Waals surface area contributed by atoms with Gasteiger partial charge in [-0.25, -0.2) is 0 Å². The highest BCUT2D eigenvalue weighted by Crippen LogP contribution is 2.35. The average molecular weight is 317 g/mol.